The Morgan fingerprint density at radius 1 is 1.04 bits per heavy atom. The zero-order valence-electron chi connectivity index (χ0n) is 13.7. The van der Waals surface area contributed by atoms with Gasteiger partial charge in [0.25, 0.3) is 0 Å². The van der Waals surface area contributed by atoms with Crippen molar-refractivity contribution >= 4 is 22.8 Å². The van der Waals surface area contributed by atoms with Gasteiger partial charge in [-0.25, -0.2) is 0 Å². The number of piperazine rings is 1. The van der Waals surface area contributed by atoms with Gasteiger partial charge in [-0.15, -0.1) is 0 Å². The van der Waals surface area contributed by atoms with Gasteiger partial charge < -0.3 is 4.90 Å². The molecule has 0 aliphatic carbocycles. The van der Waals surface area contributed by atoms with Crippen molar-refractivity contribution in [1.82, 2.24) is 9.80 Å². The molecular weight excluding hydrogens is 284 g/mol. The van der Waals surface area contributed by atoms with E-state index in [2.05, 4.69) is 42.2 Å². The Hall–Kier alpha value is -2.13. The van der Waals surface area contributed by atoms with Gasteiger partial charge in [0.15, 0.2) is 0 Å². The number of nitrogens with zero attached hydrogens (tertiary/aromatic N) is 2. The Balaban J connectivity index is 1.61. The van der Waals surface area contributed by atoms with E-state index in [4.69, 9.17) is 0 Å². The minimum Gasteiger partial charge on any atom is -0.337 e. The summed E-state index contributed by atoms with van der Waals surface area (Å²) in [6.45, 7) is 6.98. The van der Waals surface area contributed by atoms with Gasteiger partial charge in [0.2, 0.25) is 5.91 Å². The summed E-state index contributed by atoms with van der Waals surface area (Å²) in [4.78, 5) is 16.7. The number of hydrogen-bond donors (Lipinski definition) is 0. The fourth-order valence-corrected chi connectivity index (χ4v) is 3.09. The monoisotopic (exact) mass is 308 g/mol. The summed E-state index contributed by atoms with van der Waals surface area (Å²) < 4.78 is 0. The van der Waals surface area contributed by atoms with Crippen LogP contribution in [0.2, 0.25) is 0 Å². The molecule has 2 aromatic rings. The van der Waals surface area contributed by atoms with Crippen LogP contribution in [0.4, 0.5) is 0 Å². The molecule has 1 amide bonds. The van der Waals surface area contributed by atoms with Gasteiger partial charge in [0, 0.05) is 32.3 Å². The van der Waals surface area contributed by atoms with Gasteiger partial charge in [0.05, 0.1) is 0 Å². The van der Waals surface area contributed by atoms with Gasteiger partial charge in [0.1, 0.15) is 0 Å². The first kappa shape index (κ1) is 15.8. The Bertz CT molecular complexity index is 700. The highest BCUT2D eigenvalue weighted by Gasteiger charge is 2.18. The van der Waals surface area contributed by atoms with Crippen molar-refractivity contribution < 1.29 is 4.79 Å². The van der Waals surface area contributed by atoms with Crippen molar-refractivity contribution in [3.63, 3.8) is 0 Å². The molecule has 3 heteroatoms. The van der Waals surface area contributed by atoms with Crippen molar-refractivity contribution in [2.45, 2.75) is 13.3 Å². The van der Waals surface area contributed by atoms with Crippen molar-refractivity contribution in [1.29, 1.82) is 0 Å². The van der Waals surface area contributed by atoms with E-state index in [-0.39, 0.29) is 5.91 Å². The first-order valence-corrected chi connectivity index (χ1v) is 8.44. The molecule has 3 rings (SSSR count). The molecule has 2 aromatic carbocycles. The third-order valence-electron chi connectivity index (χ3n) is 4.42. The normalized spacial score (nSPS) is 16.3. The van der Waals surface area contributed by atoms with E-state index in [1.807, 2.05) is 23.1 Å². The molecule has 120 valence electrons. The Labute approximate surface area is 138 Å². The predicted molar refractivity (Wildman–Crippen MR) is 96.3 cm³/mol. The van der Waals surface area contributed by atoms with Gasteiger partial charge in [-0.05, 0) is 41.4 Å². The van der Waals surface area contributed by atoms with Crippen molar-refractivity contribution in [2.24, 2.45) is 0 Å². The number of carbonyl (C=O) groups excluding carboxylic acids is 1. The third-order valence-corrected chi connectivity index (χ3v) is 4.42. The topological polar surface area (TPSA) is 23.6 Å². The molecule has 1 aliphatic rings. The molecule has 0 aromatic heterocycles. The van der Waals surface area contributed by atoms with Crippen LogP contribution in [0.1, 0.15) is 18.9 Å². The molecule has 0 bridgehead atoms. The minimum absolute atomic E-state index is 0.120. The lowest BCUT2D eigenvalue weighted by atomic mass is 10.1. The van der Waals surface area contributed by atoms with Gasteiger partial charge in [-0.3, -0.25) is 9.69 Å². The molecule has 1 heterocycles. The van der Waals surface area contributed by atoms with Crippen LogP contribution in [0.15, 0.2) is 48.5 Å². The molecule has 0 spiro atoms. The molecule has 1 fully saturated rings. The zero-order chi connectivity index (χ0) is 16.1. The van der Waals surface area contributed by atoms with Crippen molar-refractivity contribution in [3.05, 3.63) is 54.1 Å². The average Bonchev–Trinajstić information content (AvgIpc) is 2.60. The quantitative estimate of drug-likeness (QED) is 0.808. The van der Waals surface area contributed by atoms with E-state index < -0.39 is 0 Å². The summed E-state index contributed by atoms with van der Waals surface area (Å²) in [5.74, 6) is 0.120. The molecule has 0 atom stereocenters. The number of benzene rings is 2. The maximum Gasteiger partial charge on any atom is 0.246 e. The molecule has 3 nitrogen and oxygen atoms in total. The van der Waals surface area contributed by atoms with Crippen molar-refractivity contribution in [3.8, 4) is 0 Å². The van der Waals surface area contributed by atoms with Crippen LogP contribution in [0.25, 0.3) is 16.8 Å². The standard InChI is InChI=1S/C20H24N2O/c1-2-11-21-12-14-22(15-13-21)20(23)10-8-17-7-9-18-5-3-4-6-19(18)16-17/h3-10,16H,2,11-15H2,1H3. The summed E-state index contributed by atoms with van der Waals surface area (Å²) in [6.07, 6.45) is 4.81. The number of hydrogen-bond acceptors (Lipinski definition) is 2. The molecule has 0 unspecified atom stereocenters. The third kappa shape index (κ3) is 3.99. The smallest absolute Gasteiger partial charge is 0.246 e. The number of amides is 1. The Morgan fingerprint density at radius 2 is 1.78 bits per heavy atom. The maximum absolute atomic E-state index is 12.3. The summed E-state index contributed by atoms with van der Waals surface area (Å²) >= 11 is 0. The van der Waals surface area contributed by atoms with Gasteiger partial charge in [-0.1, -0.05) is 43.3 Å². The van der Waals surface area contributed by atoms with Crippen LogP contribution >= 0.6 is 0 Å². The Morgan fingerprint density at radius 3 is 2.52 bits per heavy atom. The molecule has 23 heavy (non-hydrogen) atoms. The first-order valence-electron chi connectivity index (χ1n) is 8.44. The van der Waals surface area contributed by atoms with Gasteiger partial charge in [-0.2, -0.15) is 0 Å². The number of carbonyl (C=O) groups is 1. The average molecular weight is 308 g/mol. The van der Waals surface area contributed by atoms with E-state index in [0.717, 1.165) is 38.3 Å². The SMILES string of the molecule is CCCN1CCN(C(=O)C=Cc2ccc3ccccc3c2)CC1. The summed E-state index contributed by atoms with van der Waals surface area (Å²) in [6, 6.07) is 14.6. The fourth-order valence-electron chi connectivity index (χ4n) is 3.09. The van der Waals surface area contributed by atoms with E-state index in [1.54, 1.807) is 6.08 Å². The second-order valence-electron chi connectivity index (χ2n) is 6.11. The molecule has 0 radical (unpaired) electrons. The van der Waals surface area contributed by atoms with E-state index in [0.29, 0.717) is 0 Å². The highest BCUT2D eigenvalue weighted by molar-refractivity contribution is 5.93. The first-order chi connectivity index (χ1) is 11.3. The fraction of sp³-hybridized carbons (Fsp3) is 0.350. The largest absolute Gasteiger partial charge is 0.337 e. The lowest BCUT2D eigenvalue weighted by Gasteiger charge is -2.34. The second-order valence-corrected chi connectivity index (χ2v) is 6.11. The van der Waals surface area contributed by atoms with Crippen LogP contribution < -0.4 is 0 Å². The summed E-state index contributed by atoms with van der Waals surface area (Å²) in [5, 5.41) is 2.43. The Kier molecular flexibility index (Phi) is 5.09. The van der Waals surface area contributed by atoms with E-state index >= 15 is 0 Å². The molecule has 1 aliphatic heterocycles. The number of fused-ring (bicyclic) bond motifs is 1. The van der Waals surface area contributed by atoms with E-state index in [1.165, 1.54) is 17.2 Å². The predicted octanol–water partition coefficient (Wildman–Crippen LogP) is 3.41. The highest BCUT2D eigenvalue weighted by atomic mass is 16.2. The lowest BCUT2D eigenvalue weighted by molar-refractivity contribution is -0.127. The summed E-state index contributed by atoms with van der Waals surface area (Å²) in [5.41, 5.74) is 1.07. The number of rotatable bonds is 4. The molecule has 1 saturated heterocycles. The highest BCUT2D eigenvalue weighted by Crippen LogP contribution is 2.16. The van der Waals surface area contributed by atoms with E-state index in [9.17, 15) is 4.79 Å². The zero-order valence-corrected chi connectivity index (χ0v) is 13.7. The van der Waals surface area contributed by atoms with Crippen LogP contribution in [-0.4, -0.2) is 48.4 Å². The summed E-state index contributed by atoms with van der Waals surface area (Å²) in [7, 11) is 0. The van der Waals surface area contributed by atoms with Crippen LogP contribution in [-0.2, 0) is 4.79 Å². The molecule has 0 N–H and O–H groups in total. The van der Waals surface area contributed by atoms with Crippen LogP contribution in [0, 0.1) is 0 Å². The molecular formula is C20H24N2O. The lowest BCUT2D eigenvalue weighted by Crippen LogP contribution is -2.48. The van der Waals surface area contributed by atoms with Crippen LogP contribution in [0.3, 0.4) is 0 Å². The second kappa shape index (κ2) is 7.42. The maximum atomic E-state index is 12.3. The van der Waals surface area contributed by atoms with Crippen molar-refractivity contribution in [2.75, 3.05) is 32.7 Å². The molecule has 0 saturated carbocycles. The van der Waals surface area contributed by atoms with Gasteiger partial charge >= 0.3 is 0 Å². The van der Waals surface area contributed by atoms with Crippen LogP contribution in [0.5, 0.6) is 0 Å². The minimum atomic E-state index is 0.120.